The third-order valence-corrected chi connectivity index (χ3v) is 2.39. The second-order valence-electron chi connectivity index (χ2n) is 3.42. The lowest BCUT2D eigenvalue weighted by atomic mass is 9.99. The third-order valence-electron chi connectivity index (χ3n) is 2.39. The minimum Gasteiger partial charge on any atom is -0.381 e. The van der Waals surface area contributed by atoms with E-state index in [-0.39, 0.29) is 0 Å². The van der Waals surface area contributed by atoms with Crippen molar-refractivity contribution < 1.29 is 4.74 Å². The molecule has 0 N–H and O–H groups in total. The highest BCUT2D eigenvalue weighted by Crippen LogP contribution is 2.17. The van der Waals surface area contributed by atoms with Gasteiger partial charge in [-0.25, -0.2) is 0 Å². The van der Waals surface area contributed by atoms with Crippen molar-refractivity contribution in [3.63, 3.8) is 0 Å². The zero-order valence-corrected chi connectivity index (χ0v) is 7.20. The standard InChI is InChI=1S/C11H14O/c1-2-4-10(5-3-1)8-11-6-7-12-9-11/h1-5,11H,6-9H2/t11-/m0/s1. The van der Waals surface area contributed by atoms with Crippen molar-refractivity contribution >= 4 is 0 Å². The highest BCUT2D eigenvalue weighted by molar-refractivity contribution is 5.15. The summed E-state index contributed by atoms with van der Waals surface area (Å²) in [5.74, 6) is 0.757. The fourth-order valence-electron chi connectivity index (χ4n) is 1.69. The summed E-state index contributed by atoms with van der Waals surface area (Å²) in [5.41, 5.74) is 1.44. The number of ether oxygens (including phenoxy) is 1. The molecule has 12 heavy (non-hydrogen) atoms. The molecule has 0 amide bonds. The molecular weight excluding hydrogens is 148 g/mol. The molecule has 64 valence electrons. The average Bonchev–Trinajstić information content (AvgIpc) is 2.59. The topological polar surface area (TPSA) is 9.23 Å². The molecule has 1 fully saturated rings. The Balaban J connectivity index is 1.94. The number of hydrogen-bond acceptors (Lipinski definition) is 1. The van der Waals surface area contributed by atoms with Gasteiger partial charge in [-0.05, 0) is 24.3 Å². The molecule has 1 aromatic rings. The van der Waals surface area contributed by atoms with Gasteiger partial charge in [-0.15, -0.1) is 0 Å². The van der Waals surface area contributed by atoms with Gasteiger partial charge in [0.2, 0.25) is 0 Å². The van der Waals surface area contributed by atoms with Crippen LogP contribution in [-0.2, 0) is 11.2 Å². The van der Waals surface area contributed by atoms with Crippen LogP contribution >= 0.6 is 0 Å². The Morgan fingerprint density at radius 1 is 1.25 bits per heavy atom. The summed E-state index contributed by atoms with van der Waals surface area (Å²) in [6, 6.07) is 10.7. The van der Waals surface area contributed by atoms with Gasteiger partial charge in [-0.3, -0.25) is 0 Å². The normalized spacial score (nSPS) is 22.8. The van der Waals surface area contributed by atoms with Gasteiger partial charge < -0.3 is 4.74 Å². The van der Waals surface area contributed by atoms with Crippen molar-refractivity contribution in [3.8, 4) is 0 Å². The highest BCUT2D eigenvalue weighted by Gasteiger charge is 2.15. The van der Waals surface area contributed by atoms with Crippen LogP contribution in [0, 0.1) is 5.92 Å². The van der Waals surface area contributed by atoms with Crippen LogP contribution in [-0.4, -0.2) is 13.2 Å². The quantitative estimate of drug-likeness (QED) is 0.648. The van der Waals surface area contributed by atoms with Gasteiger partial charge in [0.25, 0.3) is 0 Å². The molecule has 1 nitrogen and oxygen atoms in total. The second kappa shape index (κ2) is 3.72. The first kappa shape index (κ1) is 7.81. The van der Waals surface area contributed by atoms with Crippen molar-refractivity contribution in [3.05, 3.63) is 35.9 Å². The number of hydrogen-bond donors (Lipinski definition) is 0. The van der Waals surface area contributed by atoms with Gasteiger partial charge in [0.05, 0.1) is 0 Å². The van der Waals surface area contributed by atoms with Gasteiger partial charge in [0.15, 0.2) is 0 Å². The zero-order chi connectivity index (χ0) is 8.23. The van der Waals surface area contributed by atoms with E-state index in [1.807, 2.05) is 0 Å². The number of rotatable bonds is 2. The molecule has 1 aliphatic heterocycles. The van der Waals surface area contributed by atoms with Crippen LogP contribution in [0.5, 0.6) is 0 Å². The lowest BCUT2D eigenvalue weighted by molar-refractivity contribution is 0.186. The van der Waals surface area contributed by atoms with Gasteiger partial charge in [-0.2, -0.15) is 0 Å². The van der Waals surface area contributed by atoms with Crippen LogP contribution < -0.4 is 0 Å². The van der Waals surface area contributed by atoms with E-state index in [1.165, 1.54) is 18.4 Å². The molecule has 0 radical (unpaired) electrons. The third kappa shape index (κ3) is 1.86. The Kier molecular flexibility index (Phi) is 2.42. The molecule has 1 saturated heterocycles. The van der Waals surface area contributed by atoms with Gasteiger partial charge in [0.1, 0.15) is 0 Å². The minimum atomic E-state index is 0.757. The molecule has 0 saturated carbocycles. The second-order valence-corrected chi connectivity index (χ2v) is 3.42. The first-order chi connectivity index (χ1) is 5.95. The Hall–Kier alpha value is -0.820. The predicted molar refractivity (Wildman–Crippen MR) is 49.1 cm³/mol. The number of benzene rings is 1. The largest absolute Gasteiger partial charge is 0.381 e. The van der Waals surface area contributed by atoms with E-state index in [0.717, 1.165) is 19.1 Å². The molecule has 1 heterocycles. The van der Waals surface area contributed by atoms with E-state index in [1.54, 1.807) is 0 Å². The van der Waals surface area contributed by atoms with E-state index in [9.17, 15) is 0 Å². The van der Waals surface area contributed by atoms with E-state index in [0.29, 0.717) is 0 Å². The Bertz CT molecular complexity index is 224. The molecule has 1 aliphatic rings. The molecule has 1 heteroatoms. The van der Waals surface area contributed by atoms with Crippen LogP contribution in [0.4, 0.5) is 0 Å². The summed E-state index contributed by atoms with van der Waals surface area (Å²) >= 11 is 0. The highest BCUT2D eigenvalue weighted by atomic mass is 16.5. The molecule has 0 unspecified atom stereocenters. The first-order valence-electron chi connectivity index (χ1n) is 4.57. The summed E-state index contributed by atoms with van der Waals surface area (Å²) in [5, 5.41) is 0. The van der Waals surface area contributed by atoms with Crippen LogP contribution in [0.25, 0.3) is 0 Å². The average molecular weight is 162 g/mol. The van der Waals surface area contributed by atoms with Gasteiger partial charge in [-0.1, -0.05) is 30.3 Å². The lowest BCUT2D eigenvalue weighted by Gasteiger charge is -2.06. The summed E-state index contributed by atoms with van der Waals surface area (Å²) in [6.07, 6.45) is 2.41. The molecule has 0 bridgehead atoms. The summed E-state index contributed by atoms with van der Waals surface area (Å²) < 4.78 is 5.33. The summed E-state index contributed by atoms with van der Waals surface area (Å²) in [6.45, 7) is 1.91. The Morgan fingerprint density at radius 3 is 2.75 bits per heavy atom. The maximum Gasteiger partial charge on any atom is 0.0498 e. The first-order valence-corrected chi connectivity index (χ1v) is 4.57. The Morgan fingerprint density at radius 2 is 2.08 bits per heavy atom. The minimum absolute atomic E-state index is 0.757. The molecular formula is C11H14O. The zero-order valence-electron chi connectivity index (χ0n) is 7.20. The van der Waals surface area contributed by atoms with Crippen LogP contribution in [0.15, 0.2) is 30.3 Å². The van der Waals surface area contributed by atoms with Crippen LogP contribution in [0.3, 0.4) is 0 Å². The molecule has 1 atom stereocenters. The Labute approximate surface area is 73.4 Å². The van der Waals surface area contributed by atoms with E-state index in [4.69, 9.17) is 4.74 Å². The van der Waals surface area contributed by atoms with Gasteiger partial charge >= 0.3 is 0 Å². The predicted octanol–water partition coefficient (Wildman–Crippen LogP) is 2.27. The fourth-order valence-corrected chi connectivity index (χ4v) is 1.69. The van der Waals surface area contributed by atoms with Crippen molar-refractivity contribution in [1.82, 2.24) is 0 Å². The maximum absolute atomic E-state index is 5.33. The van der Waals surface area contributed by atoms with Crippen LogP contribution in [0.1, 0.15) is 12.0 Å². The SMILES string of the molecule is c1ccc(C[C@@H]2CCOC2)cc1. The molecule has 1 aromatic carbocycles. The van der Waals surface area contributed by atoms with Crippen molar-refractivity contribution in [2.45, 2.75) is 12.8 Å². The molecule has 2 rings (SSSR count). The van der Waals surface area contributed by atoms with E-state index >= 15 is 0 Å². The monoisotopic (exact) mass is 162 g/mol. The molecule has 0 aliphatic carbocycles. The van der Waals surface area contributed by atoms with Crippen molar-refractivity contribution in [2.75, 3.05) is 13.2 Å². The summed E-state index contributed by atoms with van der Waals surface area (Å²) in [7, 11) is 0. The van der Waals surface area contributed by atoms with Crippen LogP contribution in [0.2, 0.25) is 0 Å². The summed E-state index contributed by atoms with van der Waals surface area (Å²) in [4.78, 5) is 0. The maximum atomic E-state index is 5.33. The fraction of sp³-hybridized carbons (Fsp3) is 0.455. The van der Waals surface area contributed by atoms with E-state index < -0.39 is 0 Å². The van der Waals surface area contributed by atoms with Gasteiger partial charge in [0, 0.05) is 13.2 Å². The smallest absolute Gasteiger partial charge is 0.0498 e. The molecule has 0 aromatic heterocycles. The van der Waals surface area contributed by atoms with E-state index in [2.05, 4.69) is 30.3 Å². The molecule has 0 spiro atoms. The van der Waals surface area contributed by atoms with Crippen molar-refractivity contribution in [1.29, 1.82) is 0 Å². The van der Waals surface area contributed by atoms with Crippen molar-refractivity contribution in [2.24, 2.45) is 5.92 Å². The lowest BCUT2D eigenvalue weighted by Crippen LogP contribution is -2.02.